The number of hydrogen-bond donors (Lipinski definition) is 2. The van der Waals surface area contributed by atoms with Crippen LogP contribution in [0.3, 0.4) is 0 Å². The van der Waals surface area contributed by atoms with Gasteiger partial charge in [-0.25, -0.2) is 0 Å². The third-order valence-corrected chi connectivity index (χ3v) is 2.71. The van der Waals surface area contributed by atoms with Gasteiger partial charge in [-0.3, -0.25) is 0 Å². The quantitative estimate of drug-likeness (QED) is 0.813. The maximum Gasteiger partial charge on any atom is 0.142 e. The van der Waals surface area contributed by atoms with Gasteiger partial charge in [0.25, 0.3) is 0 Å². The Kier molecular flexibility index (Phi) is 4.64. The highest BCUT2D eigenvalue weighted by Gasteiger charge is 2.13. The van der Waals surface area contributed by atoms with Crippen LogP contribution in [0.1, 0.15) is 6.92 Å². The summed E-state index contributed by atoms with van der Waals surface area (Å²) in [6.45, 7) is 6.12. The lowest BCUT2D eigenvalue weighted by Crippen LogP contribution is -2.42. The maximum absolute atomic E-state index is 5.63. The first-order valence-electron chi connectivity index (χ1n) is 6.18. The van der Waals surface area contributed by atoms with E-state index >= 15 is 0 Å². The van der Waals surface area contributed by atoms with Gasteiger partial charge in [-0.15, -0.1) is 0 Å². The Morgan fingerprint density at radius 3 is 3.12 bits per heavy atom. The zero-order valence-corrected chi connectivity index (χ0v) is 10.2. The first-order valence-corrected chi connectivity index (χ1v) is 6.18. The number of morpholine rings is 1. The van der Waals surface area contributed by atoms with Gasteiger partial charge in [-0.2, -0.15) is 0 Å². The highest BCUT2D eigenvalue weighted by molar-refractivity contribution is 5.56. The molecule has 1 aromatic rings. The van der Waals surface area contributed by atoms with Gasteiger partial charge in [0.15, 0.2) is 0 Å². The zero-order valence-electron chi connectivity index (χ0n) is 10.2. The van der Waals surface area contributed by atoms with E-state index in [-0.39, 0.29) is 6.10 Å². The van der Waals surface area contributed by atoms with Gasteiger partial charge >= 0.3 is 0 Å². The highest BCUT2D eigenvalue weighted by Crippen LogP contribution is 2.23. The predicted molar refractivity (Wildman–Crippen MR) is 68.7 cm³/mol. The van der Waals surface area contributed by atoms with Gasteiger partial charge in [0.05, 0.1) is 25.0 Å². The van der Waals surface area contributed by atoms with Crippen LogP contribution in [0.2, 0.25) is 0 Å². The summed E-state index contributed by atoms with van der Waals surface area (Å²) in [5.74, 6) is 0.902. The number of para-hydroxylation sites is 2. The number of anilines is 1. The molecule has 0 saturated carbocycles. The standard InChI is InChI=1S/C13H20N2O2/c1-2-16-13-6-4-3-5-12(13)15-10-11-9-14-7-8-17-11/h3-6,11,14-15H,2,7-10H2,1H3. The van der Waals surface area contributed by atoms with Crippen LogP contribution in [-0.4, -0.2) is 39.0 Å². The molecule has 0 radical (unpaired) electrons. The van der Waals surface area contributed by atoms with Crippen molar-refractivity contribution in [2.24, 2.45) is 0 Å². The molecule has 17 heavy (non-hydrogen) atoms. The van der Waals surface area contributed by atoms with Crippen LogP contribution in [0.4, 0.5) is 5.69 Å². The monoisotopic (exact) mass is 236 g/mol. The molecule has 0 aromatic heterocycles. The molecular weight excluding hydrogens is 216 g/mol. The summed E-state index contributed by atoms with van der Waals surface area (Å²) in [6, 6.07) is 7.99. The molecule has 2 N–H and O–H groups in total. The van der Waals surface area contributed by atoms with E-state index in [1.807, 2.05) is 31.2 Å². The average molecular weight is 236 g/mol. The van der Waals surface area contributed by atoms with Crippen molar-refractivity contribution in [2.45, 2.75) is 13.0 Å². The van der Waals surface area contributed by atoms with Crippen LogP contribution in [-0.2, 0) is 4.74 Å². The van der Waals surface area contributed by atoms with E-state index in [9.17, 15) is 0 Å². The molecule has 1 aromatic carbocycles. The molecule has 94 valence electrons. The molecule has 0 aliphatic carbocycles. The Balaban J connectivity index is 1.88. The smallest absolute Gasteiger partial charge is 0.142 e. The zero-order chi connectivity index (χ0) is 11.9. The Morgan fingerprint density at radius 2 is 2.35 bits per heavy atom. The highest BCUT2D eigenvalue weighted by atomic mass is 16.5. The molecule has 0 bridgehead atoms. The van der Waals surface area contributed by atoms with Crippen molar-refractivity contribution in [3.05, 3.63) is 24.3 Å². The van der Waals surface area contributed by atoms with Gasteiger partial charge < -0.3 is 20.1 Å². The summed E-state index contributed by atoms with van der Waals surface area (Å²) in [4.78, 5) is 0. The molecule has 4 nitrogen and oxygen atoms in total. The fraction of sp³-hybridized carbons (Fsp3) is 0.538. The molecule has 0 amide bonds. The van der Waals surface area contributed by atoms with Gasteiger partial charge in [-0.05, 0) is 19.1 Å². The molecule has 1 heterocycles. The molecule has 0 spiro atoms. The Bertz CT molecular complexity index is 338. The number of nitrogens with one attached hydrogen (secondary N) is 2. The second-order valence-corrected chi connectivity index (χ2v) is 4.01. The summed E-state index contributed by atoms with van der Waals surface area (Å²) >= 11 is 0. The normalized spacial score (nSPS) is 19.9. The number of hydrogen-bond acceptors (Lipinski definition) is 4. The molecular formula is C13H20N2O2. The van der Waals surface area contributed by atoms with Crippen molar-refractivity contribution in [2.75, 3.05) is 38.2 Å². The van der Waals surface area contributed by atoms with E-state index < -0.39 is 0 Å². The van der Waals surface area contributed by atoms with Crippen LogP contribution < -0.4 is 15.4 Å². The number of rotatable bonds is 5. The summed E-state index contributed by atoms with van der Waals surface area (Å²) in [6.07, 6.45) is 0.235. The minimum Gasteiger partial charge on any atom is -0.492 e. The number of benzene rings is 1. The number of ether oxygens (including phenoxy) is 2. The second-order valence-electron chi connectivity index (χ2n) is 4.01. The molecule has 4 heteroatoms. The van der Waals surface area contributed by atoms with Crippen molar-refractivity contribution in [1.82, 2.24) is 5.32 Å². The van der Waals surface area contributed by atoms with Crippen molar-refractivity contribution in [3.63, 3.8) is 0 Å². The topological polar surface area (TPSA) is 42.5 Å². The SMILES string of the molecule is CCOc1ccccc1NCC1CNCCO1. The van der Waals surface area contributed by atoms with Crippen molar-refractivity contribution in [3.8, 4) is 5.75 Å². The Morgan fingerprint density at radius 1 is 1.47 bits per heavy atom. The van der Waals surface area contributed by atoms with Gasteiger partial charge in [-0.1, -0.05) is 12.1 Å². The van der Waals surface area contributed by atoms with Gasteiger partial charge in [0, 0.05) is 19.6 Å². The lowest BCUT2D eigenvalue weighted by atomic mass is 10.2. The van der Waals surface area contributed by atoms with Crippen molar-refractivity contribution >= 4 is 5.69 Å². The van der Waals surface area contributed by atoms with Crippen LogP contribution in [0.5, 0.6) is 5.75 Å². The third-order valence-electron chi connectivity index (χ3n) is 2.71. The van der Waals surface area contributed by atoms with E-state index in [1.54, 1.807) is 0 Å². The molecule has 2 rings (SSSR count). The molecule has 1 fully saturated rings. The maximum atomic E-state index is 5.63. The largest absolute Gasteiger partial charge is 0.492 e. The van der Waals surface area contributed by atoms with Crippen molar-refractivity contribution in [1.29, 1.82) is 0 Å². The first kappa shape index (κ1) is 12.2. The fourth-order valence-corrected chi connectivity index (χ4v) is 1.87. The molecule has 1 aliphatic heterocycles. The summed E-state index contributed by atoms with van der Waals surface area (Å²) in [5, 5.41) is 6.69. The second kappa shape index (κ2) is 6.47. The molecule has 1 saturated heterocycles. The molecule has 1 aliphatic rings. The van der Waals surface area contributed by atoms with Crippen molar-refractivity contribution < 1.29 is 9.47 Å². The average Bonchev–Trinajstić information content (AvgIpc) is 2.39. The van der Waals surface area contributed by atoms with E-state index in [0.717, 1.165) is 37.7 Å². The lowest BCUT2D eigenvalue weighted by Gasteiger charge is -2.24. The van der Waals surface area contributed by atoms with E-state index in [0.29, 0.717) is 6.61 Å². The van der Waals surface area contributed by atoms with E-state index in [1.165, 1.54) is 0 Å². The minimum atomic E-state index is 0.235. The Labute approximate surface area is 102 Å². The minimum absolute atomic E-state index is 0.235. The van der Waals surface area contributed by atoms with Gasteiger partial charge in [0.2, 0.25) is 0 Å². The van der Waals surface area contributed by atoms with E-state index in [4.69, 9.17) is 9.47 Å². The molecule has 1 unspecified atom stereocenters. The Hall–Kier alpha value is -1.26. The lowest BCUT2D eigenvalue weighted by molar-refractivity contribution is 0.0372. The third kappa shape index (κ3) is 3.61. The predicted octanol–water partition coefficient (Wildman–Crippen LogP) is 1.49. The summed E-state index contributed by atoms with van der Waals surface area (Å²) in [5.41, 5.74) is 1.03. The van der Waals surface area contributed by atoms with E-state index in [2.05, 4.69) is 10.6 Å². The molecule has 1 atom stereocenters. The van der Waals surface area contributed by atoms with Crippen LogP contribution in [0.15, 0.2) is 24.3 Å². The van der Waals surface area contributed by atoms with Crippen LogP contribution in [0, 0.1) is 0 Å². The van der Waals surface area contributed by atoms with Crippen LogP contribution in [0.25, 0.3) is 0 Å². The van der Waals surface area contributed by atoms with Crippen LogP contribution >= 0.6 is 0 Å². The summed E-state index contributed by atoms with van der Waals surface area (Å²) in [7, 11) is 0. The summed E-state index contributed by atoms with van der Waals surface area (Å²) < 4.78 is 11.2. The first-order chi connectivity index (χ1) is 8.40. The van der Waals surface area contributed by atoms with Gasteiger partial charge in [0.1, 0.15) is 5.75 Å². The fourth-order valence-electron chi connectivity index (χ4n) is 1.87.